The van der Waals surface area contributed by atoms with E-state index in [1.807, 2.05) is 23.7 Å². The molecule has 2 amide bonds. The van der Waals surface area contributed by atoms with Crippen LogP contribution in [0.3, 0.4) is 0 Å². The lowest BCUT2D eigenvalue weighted by Gasteiger charge is -2.06. The quantitative estimate of drug-likeness (QED) is 0.740. The van der Waals surface area contributed by atoms with Gasteiger partial charge in [-0.15, -0.1) is 0 Å². The van der Waals surface area contributed by atoms with Crippen LogP contribution in [0.5, 0.6) is 0 Å². The summed E-state index contributed by atoms with van der Waals surface area (Å²) in [6.07, 6.45) is 0.501. The third-order valence-corrected chi connectivity index (χ3v) is 4.05. The lowest BCUT2D eigenvalue weighted by Crippen LogP contribution is -2.27. The molecule has 0 aliphatic rings. The van der Waals surface area contributed by atoms with E-state index in [-0.39, 0.29) is 11.5 Å². The molecule has 1 aromatic heterocycles. The lowest BCUT2D eigenvalue weighted by atomic mass is 10.2. The first-order chi connectivity index (χ1) is 12.5. The number of aromatic nitrogens is 2. The van der Waals surface area contributed by atoms with Crippen LogP contribution in [0.2, 0.25) is 0 Å². The highest BCUT2D eigenvalue weighted by atomic mass is 19.1. The number of carbonyl (C=O) groups is 2. The molecule has 134 valence electrons. The Morgan fingerprint density at radius 3 is 2.69 bits per heavy atom. The Morgan fingerprint density at radius 2 is 1.96 bits per heavy atom. The zero-order valence-corrected chi connectivity index (χ0v) is 14.5. The van der Waals surface area contributed by atoms with E-state index in [1.165, 1.54) is 19.1 Å². The van der Waals surface area contributed by atoms with Crippen LogP contribution in [0.15, 0.2) is 42.5 Å². The van der Waals surface area contributed by atoms with Crippen molar-refractivity contribution in [2.24, 2.45) is 7.05 Å². The molecule has 3 aromatic rings. The number of nitrogens with one attached hydrogen (secondary N) is 2. The molecule has 26 heavy (non-hydrogen) atoms. The van der Waals surface area contributed by atoms with E-state index in [4.69, 9.17) is 0 Å². The summed E-state index contributed by atoms with van der Waals surface area (Å²) < 4.78 is 15.5. The van der Waals surface area contributed by atoms with Gasteiger partial charge in [0, 0.05) is 32.6 Å². The maximum Gasteiger partial charge on any atom is 0.254 e. The standard InChI is InChI=1S/C19H19FN4O2/c1-12(25)22-13-7-8-17-16(11-13)23-18(24(17)2)9-10-21-19(26)14-5-3-4-6-15(14)20/h3-8,11H,9-10H2,1-2H3,(H,21,26)(H,22,25). The predicted molar refractivity (Wildman–Crippen MR) is 97.5 cm³/mol. The second-order valence-corrected chi connectivity index (χ2v) is 5.96. The zero-order valence-electron chi connectivity index (χ0n) is 14.5. The highest BCUT2D eigenvalue weighted by Gasteiger charge is 2.12. The van der Waals surface area contributed by atoms with Gasteiger partial charge in [0.15, 0.2) is 0 Å². The van der Waals surface area contributed by atoms with Gasteiger partial charge in [0.1, 0.15) is 11.6 Å². The summed E-state index contributed by atoms with van der Waals surface area (Å²) in [5, 5.41) is 5.43. The van der Waals surface area contributed by atoms with Gasteiger partial charge >= 0.3 is 0 Å². The topological polar surface area (TPSA) is 76.0 Å². The number of halogens is 1. The minimum atomic E-state index is -0.543. The first-order valence-corrected chi connectivity index (χ1v) is 8.21. The first kappa shape index (κ1) is 17.6. The molecule has 3 rings (SSSR count). The monoisotopic (exact) mass is 354 g/mol. The van der Waals surface area contributed by atoms with Crippen LogP contribution in [0.1, 0.15) is 23.1 Å². The van der Waals surface area contributed by atoms with Crippen LogP contribution in [-0.2, 0) is 18.3 Å². The molecule has 0 aliphatic carbocycles. The Morgan fingerprint density at radius 1 is 1.19 bits per heavy atom. The number of fused-ring (bicyclic) bond motifs is 1. The summed E-state index contributed by atoms with van der Waals surface area (Å²) >= 11 is 0. The second-order valence-electron chi connectivity index (χ2n) is 5.96. The third kappa shape index (κ3) is 3.72. The summed E-state index contributed by atoms with van der Waals surface area (Å²) in [5.74, 6) is -0.349. The van der Waals surface area contributed by atoms with E-state index in [0.717, 1.165) is 16.9 Å². The molecule has 2 aromatic carbocycles. The van der Waals surface area contributed by atoms with E-state index in [0.29, 0.717) is 18.7 Å². The van der Waals surface area contributed by atoms with E-state index in [2.05, 4.69) is 15.6 Å². The number of imidazole rings is 1. The Kier molecular flexibility index (Phi) is 4.97. The van der Waals surface area contributed by atoms with Crippen LogP contribution in [-0.4, -0.2) is 27.9 Å². The molecule has 0 radical (unpaired) electrons. The van der Waals surface area contributed by atoms with Crippen molar-refractivity contribution in [3.05, 3.63) is 59.7 Å². The average molecular weight is 354 g/mol. The maximum absolute atomic E-state index is 13.6. The molecule has 6 nitrogen and oxygen atoms in total. The van der Waals surface area contributed by atoms with Gasteiger partial charge in [-0.1, -0.05) is 12.1 Å². The van der Waals surface area contributed by atoms with E-state index >= 15 is 0 Å². The molecule has 0 unspecified atom stereocenters. The van der Waals surface area contributed by atoms with Gasteiger partial charge in [-0.3, -0.25) is 9.59 Å². The van der Waals surface area contributed by atoms with Gasteiger partial charge in [-0.05, 0) is 30.3 Å². The number of carbonyl (C=O) groups excluding carboxylic acids is 2. The van der Waals surface area contributed by atoms with Gasteiger partial charge in [-0.2, -0.15) is 0 Å². The molecule has 2 N–H and O–H groups in total. The molecule has 0 saturated heterocycles. The maximum atomic E-state index is 13.6. The third-order valence-electron chi connectivity index (χ3n) is 4.05. The Labute approximate surface area is 150 Å². The first-order valence-electron chi connectivity index (χ1n) is 8.21. The minimum absolute atomic E-state index is 0.0254. The van der Waals surface area contributed by atoms with Gasteiger partial charge in [0.05, 0.1) is 16.6 Å². The van der Waals surface area contributed by atoms with Gasteiger partial charge in [0.25, 0.3) is 5.91 Å². The molecule has 0 fully saturated rings. The highest BCUT2D eigenvalue weighted by Crippen LogP contribution is 2.20. The van der Waals surface area contributed by atoms with Crippen LogP contribution in [0.4, 0.5) is 10.1 Å². The summed E-state index contributed by atoms with van der Waals surface area (Å²) in [6.45, 7) is 1.79. The van der Waals surface area contributed by atoms with Gasteiger partial charge < -0.3 is 15.2 Å². The number of rotatable bonds is 5. The van der Waals surface area contributed by atoms with Crippen molar-refractivity contribution in [1.29, 1.82) is 0 Å². The normalized spacial score (nSPS) is 10.7. The summed E-state index contributed by atoms with van der Waals surface area (Å²) in [5.41, 5.74) is 2.39. The van der Waals surface area contributed by atoms with Crippen LogP contribution < -0.4 is 10.6 Å². The van der Waals surface area contributed by atoms with Crippen molar-refractivity contribution < 1.29 is 14.0 Å². The smallest absolute Gasteiger partial charge is 0.254 e. The Balaban J connectivity index is 1.69. The van der Waals surface area contributed by atoms with Crippen molar-refractivity contribution in [2.75, 3.05) is 11.9 Å². The van der Waals surface area contributed by atoms with Crippen LogP contribution >= 0.6 is 0 Å². The molecule has 7 heteroatoms. The zero-order chi connectivity index (χ0) is 18.7. The van der Waals surface area contributed by atoms with E-state index < -0.39 is 11.7 Å². The van der Waals surface area contributed by atoms with Crippen molar-refractivity contribution in [3.8, 4) is 0 Å². The Bertz CT molecular complexity index is 981. The fourth-order valence-corrected chi connectivity index (χ4v) is 2.78. The van der Waals surface area contributed by atoms with E-state index in [9.17, 15) is 14.0 Å². The number of nitrogens with zero attached hydrogens (tertiary/aromatic N) is 2. The number of amides is 2. The highest BCUT2D eigenvalue weighted by molar-refractivity contribution is 5.94. The number of aryl methyl sites for hydroxylation is 1. The molecule has 0 aliphatic heterocycles. The van der Waals surface area contributed by atoms with Gasteiger partial charge in [0.2, 0.25) is 5.91 Å². The fourth-order valence-electron chi connectivity index (χ4n) is 2.78. The average Bonchev–Trinajstić information content (AvgIpc) is 2.90. The second kappa shape index (κ2) is 7.35. The predicted octanol–water partition coefficient (Wildman–Crippen LogP) is 2.64. The summed E-state index contributed by atoms with van der Waals surface area (Å²) in [7, 11) is 1.89. The number of benzene rings is 2. The van der Waals surface area contributed by atoms with Gasteiger partial charge in [-0.25, -0.2) is 9.37 Å². The van der Waals surface area contributed by atoms with Crippen molar-refractivity contribution in [2.45, 2.75) is 13.3 Å². The molecule has 0 saturated carbocycles. The summed E-state index contributed by atoms with van der Waals surface area (Å²) in [6, 6.07) is 11.4. The van der Waals surface area contributed by atoms with Crippen LogP contribution in [0.25, 0.3) is 11.0 Å². The number of hydrogen-bond donors (Lipinski definition) is 2. The van der Waals surface area contributed by atoms with Crippen molar-refractivity contribution in [1.82, 2.24) is 14.9 Å². The molecule has 0 atom stereocenters. The number of hydrogen-bond acceptors (Lipinski definition) is 3. The molecular formula is C19H19FN4O2. The fraction of sp³-hybridized carbons (Fsp3) is 0.211. The molecule has 0 bridgehead atoms. The molecule has 1 heterocycles. The SMILES string of the molecule is CC(=O)Nc1ccc2c(c1)nc(CCNC(=O)c1ccccc1F)n2C. The Hall–Kier alpha value is -3.22. The summed E-state index contributed by atoms with van der Waals surface area (Å²) in [4.78, 5) is 27.8. The largest absolute Gasteiger partial charge is 0.351 e. The van der Waals surface area contributed by atoms with Crippen molar-refractivity contribution in [3.63, 3.8) is 0 Å². The minimum Gasteiger partial charge on any atom is -0.351 e. The van der Waals surface area contributed by atoms with Crippen LogP contribution in [0, 0.1) is 5.82 Å². The molecular weight excluding hydrogens is 335 g/mol. The van der Waals surface area contributed by atoms with E-state index in [1.54, 1.807) is 18.2 Å². The number of anilines is 1. The molecule has 0 spiro atoms. The van der Waals surface area contributed by atoms with Crippen molar-refractivity contribution >= 4 is 28.5 Å². The lowest BCUT2D eigenvalue weighted by molar-refractivity contribution is -0.114.